The third kappa shape index (κ3) is 2.89. The summed E-state index contributed by atoms with van der Waals surface area (Å²) in [5, 5.41) is 0. The van der Waals surface area contributed by atoms with Crippen LogP contribution < -0.4 is 9.62 Å². The second-order valence-electron chi connectivity index (χ2n) is 6.35. The zero-order chi connectivity index (χ0) is 17.6. The highest BCUT2D eigenvalue weighted by molar-refractivity contribution is 7.92. The number of carbonyl (C=O) groups is 1. The van der Waals surface area contributed by atoms with Crippen LogP contribution in [0.5, 0.6) is 0 Å². The molecule has 25 heavy (non-hydrogen) atoms. The van der Waals surface area contributed by atoms with E-state index in [1.165, 1.54) is 24.3 Å². The average molecular weight is 360 g/mol. The maximum atomic E-state index is 13.0. The number of hydrogen-bond acceptors (Lipinski definition) is 3. The highest BCUT2D eigenvalue weighted by Gasteiger charge is 2.31. The van der Waals surface area contributed by atoms with Gasteiger partial charge in [0, 0.05) is 18.7 Å². The summed E-state index contributed by atoms with van der Waals surface area (Å²) in [5.74, 6) is -0.320. The van der Waals surface area contributed by atoms with E-state index in [1.54, 1.807) is 17.0 Å². The van der Waals surface area contributed by atoms with E-state index in [4.69, 9.17) is 0 Å². The van der Waals surface area contributed by atoms with Crippen LogP contribution in [-0.2, 0) is 27.7 Å². The maximum absolute atomic E-state index is 13.0. The molecule has 0 atom stereocenters. The van der Waals surface area contributed by atoms with Gasteiger partial charge in [0.2, 0.25) is 5.91 Å². The van der Waals surface area contributed by atoms with Crippen LogP contribution in [0.15, 0.2) is 41.3 Å². The van der Waals surface area contributed by atoms with Crippen molar-refractivity contribution in [2.24, 2.45) is 0 Å². The van der Waals surface area contributed by atoms with Gasteiger partial charge in [-0.1, -0.05) is 0 Å². The molecule has 1 N–H and O–H groups in total. The van der Waals surface area contributed by atoms with Crippen LogP contribution in [-0.4, -0.2) is 20.9 Å². The lowest BCUT2D eigenvalue weighted by atomic mass is 9.92. The van der Waals surface area contributed by atoms with E-state index in [1.807, 2.05) is 0 Å². The first kappa shape index (κ1) is 16.1. The molecule has 2 aliphatic heterocycles. The summed E-state index contributed by atoms with van der Waals surface area (Å²) in [5.41, 5.74) is 3.00. The Labute approximate surface area is 145 Å². The first-order chi connectivity index (χ1) is 11.9. The minimum Gasteiger partial charge on any atom is -0.312 e. The van der Waals surface area contributed by atoms with Gasteiger partial charge in [-0.05, 0) is 66.8 Å². The van der Waals surface area contributed by atoms with Gasteiger partial charge in [-0.25, -0.2) is 12.8 Å². The zero-order valence-electron chi connectivity index (χ0n) is 13.5. The molecule has 2 aromatic rings. The van der Waals surface area contributed by atoms with Crippen molar-refractivity contribution in [1.82, 2.24) is 0 Å². The normalized spacial score (nSPS) is 16.5. The predicted molar refractivity (Wildman–Crippen MR) is 92.6 cm³/mol. The topological polar surface area (TPSA) is 66.5 Å². The zero-order valence-corrected chi connectivity index (χ0v) is 14.3. The summed E-state index contributed by atoms with van der Waals surface area (Å²) in [7, 11) is -3.78. The first-order valence-corrected chi connectivity index (χ1v) is 9.67. The molecule has 0 aromatic heterocycles. The molecule has 0 aliphatic carbocycles. The van der Waals surface area contributed by atoms with Gasteiger partial charge in [0.1, 0.15) is 5.82 Å². The lowest BCUT2D eigenvalue weighted by Crippen LogP contribution is -2.39. The second-order valence-corrected chi connectivity index (χ2v) is 8.03. The number of amides is 1. The maximum Gasteiger partial charge on any atom is 0.261 e. The number of anilines is 2. The summed E-state index contributed by atoms with van der Waals surface area (Å²) in [6, 6.07) is 8.48. The fourth-order valence-electron chi connectivity index (χ4n) is 3.51. The van der Waals surface area contributed by atoms with E-state index in [0.29, 0.717) is 25.1 Å². The minimum absolute atomic E-state index is 0.105. The van der Waals surface area contributed by atoms with Crippen LogP contribution in [0.1, 0.15) is 24.0 Å². The average Bonchev–Trinajstić information content (AvgIpc) is 2.60. The van der Waals surface area contributed by atoms with Gasteiger partial charge in [0.15, 0.2) is 0 Å². The third-order valence-corrected chi connectivity index (χ3v) is 6.02. The third-order valence-electron chi connectivity index (χ3n) is 4.66. The van der Waals surface area contributed by atoms with E-state index in [2.05, 4.69) is 4.72 Å². The molecule has 0 radical (unpaired) electrons. The molecule has 0 fully saturated rings. The Morgan fingerprint density at radius 3 is 2.40 bits per heavy atom. The molecule has 2 aromatic carbocycles. The molecule has 7 heteroatoms. The Morgan fingerprint density at radius 1 is 1.00 bits per heavy atom. The van der Waals surface area contributed by atoms with Crippen molar-refractivity contribution in [3.63, 3.8) is 0 Å². The highest BCUT2D eigenvalue weighted by atomic mass is 32.2. The molecule has 0 bridgehead atoms. The molecule has 0 unspecified atom stereocenters. The quantitative estimate of drug-likeness (QED) is 0.915. The molecule has 0 spiro atoms. The Morgan fingerprint density at radius 2 is 1.68 bits per heavy atom. The lowest BCUT2D eigenvalue weighted by Gasteiger charge is -2.35. The first-order valence-electron chi connectivity index (χ1n) is 8.18. The van der Waals surface area contributed by atoms with Gasteiger partial charge in [-0.15, -0.1) is 0 Å². The van der Waals surface area contributed by atoms with E-state index in [9.17, 15) is 17.6 Å². The van der Waals surface area contributed by atoms with Crippen LogP contribution in [0.3, 0.4) is 0 Å². The molecule has 2 heterocycles. The number of rotatable bonds is 3. The van der Waals surface area contributed by atoms with Gasteiger partial charge in [-0.2, -0.15) is 0 Å². The lowest BCUT2D eigenvalue weighted by molar-refractivity contribution is -0.119. The summed E-state index contributed by atoms with van der Waals surface area (Å²) in [6.07, 6.45) is 2.54. The monoisotopic (exact) mass is 360 g/mol. The summed E-state index contributed by atoms with van der Waals surface area (Å²) < 4.78 is 40.9. The van der Waals surface area contributed by atoms with Gasteiger partial charge >= 0.3 is 0 Å². The van der Waals surface area contributed by atoms with Crippen LogP contribution >= 0.6 is 0 Å². The SMILES string of the molecule is O=C1CCc2cc(S(=O)(=O)Nc3ccc(F)cc3)cc3c2N1CCC3. The number of nitrogens with zero attached hydrogens (tertiary/aromatic N) is 1. The number of carbonyl (C=O) groups excluding carboxylic acids is 1. The molecule has 4 rings (SSSR count). The molecule has 2 aliphatic rings. The van der Waals surface area contributed by atoms with Gasteiger partial charge in [0.25, 0.3) is 10.0 Å². The summed E-state index contributed by atoms with van der Waals surface area (Å²) in [4.78, 5) is 14.1. The highest BCUT2D eigenvalue weighted by Crippen LogP contribution is 2.37. The van der Waals surface area contributed by atoms with Crippen molar-refractivity contribution < 1.29 is 17.6 Å². The number of benzene rings is 2. The Bertz CT molecular complexity index is 938. The number of halogens is 1. The van der Waals surface area contributed by atoms with Gasteiger partial charge < -0.3 is 4.90 Å². The van der Waals surface area contributed by atoms with Crippen LogP contribution in [0.4, 0.5) is 15.8 Å². The number of nitrogens with one attached hydrogen (secondary N) is 1. The van der Waals surface area contributed by atoms with Crippen LogP contribution in [0.2, 0.25) is 0 Å². The van der Waals surface area contributed by atoms with Gasteiger partial charge in [-0.3, -0.25) is 9.52 Å². The fraction of sp³-hybridized carbons (Fsp3) is 0.278. The number of sulfonamides is 1. The standard InChI is InChI=1S/C18H17FN2O3S/c19-14-4-6-15(7-5-14)20-25(23,24)16-10-12-2-1-9-21-17(22)8-3-13(11-16)18(12)21/h4-7,10-11,20H,1-3,8-9H2. The Hall–Kier alpha value is -2.41. The van der Waals surface area contributed by atoms with Crippen LogP contribution in [0.25, 0.3) is 0 Å². The van der Waals surface area contributed by atoms with Crippen molar-refractivity contribution in [1.29, 1.82) is 0 Å². The van der Waals surface area contributed by atoms with Crippen LogP contribution in [0, 0.1) is 5.82 Å². The molecule has 130 valence electrons. The van der Waals surface area contributed by atoms with Crippen molar-refractivity contribution in [2.45, 2.75) is 30.6 Å². The summed E-state index contributed by atoms with van der Waals surface area (Å²) in [6.45, 7) is 0.693. The molecule has 0 saturated carbocycles. The van der Waals surface area contributed by atoms with E-state index in [0.717, 1.165) is 29.7 Å². The molecular formula is C18H17FN2O3S. The van der Waals surface area contributed by atoms with Crippen molar-refractivity contribution >= 4 is 27.3 Å². The van der Waals surface area contributed by atoms with E-state index >= 15 is 0 Å². The molecular weight excluding hydrogens is 343 g/mol. The van der Waals surface area contributed by atoms with E-state index in [-0.39, 0.29) is 10.8 Å². The molecule has 0 saturated heterocycles. The largest absolute Gasteiger partial charge is 0.312 e. The smallest absolute Gasteiger partial charge is 0.261 e. The van der Waals surface area contributed by atoms with Crippen molar-refractivity contribution in [2.75, 3.05) is 16.2 Å². The predicted octanol–water partition coefficient (Wildman–Crippen LogP) is 2.85. The molecule has 1 amide bonds. The Kier molecular flexibility index (Phi) is 3.76. The minimum atomic E-state index is -3.78. The fourth-order valence-corrected chi connectivity index (χ4v) is 4.67. The van der Waals surface area contributed by atoms with Gasteiger partial charge in [0.05, 0.1) is 10.6 Å². The second kappa shape index (κ2) is 5.84. The number of aryl methyl sites for hydroxylation is 2. The number of hydrogen-bond donors (Lipinski definition) is 1. The van der Waals surface area contributed by atoms with Crippen molar-refractivity contribution in [3.05, 3.63) is 53.3 Å². The molecule has 5 nitrogen and oxygen atoms in total. The van der Waals surface area contributed by atoms with E-state index < -0.39 is 15.8 Å². The Balaban J connectivity index is 1.73. The summed E-state index contributed by atoms with van der Waals surface area (Å²) >= 11 is 0. The van der Waals surface area contributed by atoms with Crippen molar-refractivity contribution in [3.8, 4) is 0 Å².